The van der Waals surface area contributed by atoms with Gasteiger partial charge in [-0.3, -0.25) is 0 Å². The molecule has 154 valence electrons. The van der Waals surface area contributed by atoms with Crippen LogP contribution in [0.4, 0.5) is 0 Å². The molecule has 0 rings (SSSR count). The fourth-order valence-electron chi connectivity index (χ4n) is 2.51. The van der Waals surface area contributed by atoms with Crippen molar-refractivity contribution in [1.29, 1.82) is 0 Å². The van der Waals surface area contributed by atoms with E-state index in [0.717, 1.165) is 0 Å². The van der Waals surface area contributed by atoms with Crippen molar-refractivity contribution in [3.63, 3.8) is 0 Å². The van der Waals surface area contributed by atoms with Crippen molar-refractivity contribution in [2.24, 2.45) is 0 Å². The van der Waals surface area contributed by atoms with Gasteiger partial charge < -0.3 is 64.2 Å². The Morgan fingerprint density at radius 2 is 0.621 bits per heavy atom. The summed E-state index contributed by atoms with van der Waals surface area (Å²) in [5, 5.41) is 53.5. The molecule has 0 bridgehead atoms. The Morgan fingerprint density at radius 1 is 0.448 bits per heavy atom. The van der Waals surface area contributed by atoms with Crippen molar-refractivity contribution in [1.82, 2.24) is 0 Å². The Bertz CT molecular complexity index is 494. The van der Waals surface area contributed by atoms with E-state index in [9.17, 15) is 49.5 Å². The Balaban J connectivity index is -0.00000338. The molecule has 0 aliphatic rings. The van der Waals surface area contributed by atoms with E-state index in [2.05, 4.69) is 0 Å². The van der Waals surface area contributed by atoms with Gasteiger partial charge in [-0.15, -0.1) is 0 Å². The molecular formula is C14H21CaN3NaO10+. The van der Waals surface area contributed by atoms with Gasteiger partial charge in [-0.2, -0.15) is 0 Å². The summed E-state index contributed by atoms with van der Waals surface area (Å²) in [4.78, 5) is 53.9. The monoisotopic (exact) mass is 454 g/mol. The quantitative estimate of drug-likeness (QED) is 0.187. The van der Waals surface area contributed by atoms with E-state index in [0.29, 0.717) is 4.90 Å². The number of quaternary nitrogens is 3. The maximum atomic E-state index is 10.8. The van der Waals surface area contributed by atoms with Crippen molar-refractivity contribution in [2.75, 3.05) is 58.9 Å². The number of carboxylic acid groups (broad SMARTS) is 5. The van der Waals surface area contributed by atoms with Crippen LogP contribution < -0.4 is 69.8 Å². The predicted octanol–water partition coefficient (Wildman–Crippen LogP) is -17.0. The average molecular weight is 454 g/mol. The molecule has 0 fully saturated rings. The fourth-order valence-corrected chi connectivity index (χ4v) is 2.51. The van der Waals surface area contributed by atoms with Crippen molar-refractivity contribution in [3.8, 4) is 0 Å². The zero-order chi connectivity index (χ0) is 21.0. The molecule has 0 radical (unpaired) electrons. The number of carboxylic acids is 5. The fraction of sp³-hybridized carbons (Fsp3) is 0.643. The molecule has 0 amide bonds. The summed E-state index contributed by atoms with van der Waals surface area (Å²) in [6, 6.07) is 0. The van der Waals surface area contributed by atoms with E-state index in [1.807, 2.05) is 0 Å². The molecule has 0 aliphatic carbocycles. The molecule has 0 aliphatic heterocycles. The van der Waals surface area contributed by atoms with Crippen LogP contribution in [0.3, 0.4) is 0 Å². The van der Waals surface area contributed by atoms with Crippen LogP contribution >= 0.6 is 0 Å². The molecule has 0 unspecified atom stereocenters. The van der Waals surface area contributed by atoms with Gasteiger partial charge in [0.2, 0.25) is 0 Å². The van der Waals surface area contributed by atoms with Gasteiger partial charge in [0.05, 0.1) is 29.8 Å². The Hall–Kier alpha value is -0.510. The van der Waals surface area contributed by atoms with E-state index >= 15 is 0 Å². The van der Waals surface area contributed by atoms with Gasteiger partial charge >= 0.3 is 67.3 Å². The topological polar surface area (TPSA) is 214 Å². The zero-order valence-electron chi connectivity index (χ0n) is 16.2. The van der Waals surface area contributed by atoms with Gasteiger partial charge in [0.1, 0.15) is 58.9 Å². The van der Waals surface area contributed by atoms with Crippen LogP contribution in [0.1, 0.15) is 0 Å². The Labute approximate surface area is 218 Å². The van der Waals surface area contributed by atoms with Crippen LogP contribution in [-0.4, -0.2) is 126 Å². The van der Waals surface area contributed by atoms with Gasteiger partial charge in [0.25, 0.3) is 0 Å². The largest absolute Gasteiger partial charge is 2.00 e. The molecule has 0 saturated heterocycles. The number of nitrogens with one attached hydrogen (secondary N) is 3. The molecule has 29 heavy (non-hydrogen) atoms. The summed E-state index contributed by atoms with van der Waals surface area (Å²) in [5.74, 6) is -7.41. The first-order valence-electron chi connectivity index (χ1n) is 7.99. The van der Waals surface area contributed by atoms with E-state index < -0.39 is 62.6 Å². The molecule has 13 nitrogen and oxygen atoms in total. The summed E-state index contributed by atoms with van der Waals surface area (Å²) in [6.07, 6.45) is 0. The minimum absolute atomic E-state index is 0. The molecule has 0 heterocycles. The van der Waals surface area contributed by atoms with Gasteiger partial charge in [-0.05, 0) is 0 Å². The van der Waals surface area contributed by atoms with Crippen LogP contribution in [0.2, 0.25) is 0 Å². The smallest absolute Gasteiger partial charge is 0.544 e. The van der Waals surface area contributed by atoms with Crippen LogP contribution in [-0.2, 0) is 24.0 Å². The van der Waals surface area contributed by atoms with Crippen LogP contribution in [0, 0.1) is 0 Å². The average Bonchev–Trinajstić information content (AvgIpc) is 2.46. The molecule has 15 heteroatoms. The predicted molar refractivity (Wildman–Crippen MR) is 77.5 cm³/mol. The number of carbonyl (C=O) groups is 5. The van der Waals surface area contributed by atoms with E-state index in [-0.39, 0.29) is 103 Å². The number of rotatable bonds is 16. The second kappa shape index (κ2) is 18.3. The Kier molecular flexibility index (Phi) is 20.9. The third kappa shape index (κ3) is 20.5. The van der Waals surface area contributed by atoms with Crippen LogP contribution in [0.25, 0.3) is 0 Å². The van der Waals surface area contributed by atoms with Gasteiger partial charge in [-0.1, -0.05) is 0 Å². The van der Waals surface area contributed by atoms with Gasteiger partial charge in [0, 0.05) is 0 Å². The normalized spacial score (nSPS) is 10.3. The molecule has 0 aromatic heterocycles. The molecule has 0 spiro atoms. The molecule has 0 aromatic carbocycles. The SMILES string of the molecule is O=C([O-])C[NH+](CC[NH+](CC(=O)[O-])CC(=O)[O-])CC[NH+](CC(=O)[O-])CC(=O)[O-].[Ca+2].[Na+]. The summed E-state index contributed by atoms with van der Waals surface area (Å²) in [6.45, 7) is -3.12. The summed E-state index contributed by atoms with van der Waals surface area (Å²) in [7, 11) is 0. The second-order valence-electron chi connectivity index (χ2n) is 5.99. The molecular weight excluding hydrogens is 433 g/mol. The number of aliphatic carboxylic acids is 5. The Morgan fingerprint density at radius 3 is 0.828 bits per heavy atom. The van der Waals surface area contributed by atoms with Crippen LogP contribution in [0.15, 0.2) is 0 Å². The molecule has 0 saturated carbocycles. The third-order valence-corrected chi connectivity index (χ3v) is 3.64. The first kappa shape index (κ1) is 33.1. The third-order valence-electron chi connectivity index (χ3n) is 3.64. The summed E-state index contributed by atoms with van der Waals surface area (Å²) >= 11 is 0. The summed E-state index contributed by atoms with van der Waals surface area (Å²) in [5.41, 5.74) is 0. The molecule has 3 N–H and O–H groups in total. The first-order chi connectivity index (χ1) is 12.5. The number of hydrogen-bond acceptors (Lipinski definition) is 10. The minimum atomic E-state index is -1.49. The second-order valence-corrected chi connectivity index (χ2v) is 5.99. The first-order valence-corrected chi connectivity index (χ1v) is 7.99. The van der Waals surface area contributed by atoms with Crippen molar-refractivity contribution in [2.45, 2.75) is 0 Å². The standard InChI is InChI=1S/C14H23N3O10.Ca.Na/c18-10(19)5-15(1-3-16(6-11(20)21)7-12(22)23)2-4-17(8-13(24)25)9-14(26)27;;/h1-9H2,(H,18,19)(H,20,21)(H,22,23)(H,24,25)(H,26,27);;/q;+2;+1/p-2. The van der Waals surface area contributed by atoms with E-state index in [1.165, 1.54) is 0 Å². The van der Waals surface area contributed by atoms with Crippen molar-refractivity contribution < 1.29 is 93.8 Å². The zero-order valence-corrected chi connectivity index (χ0v) is 20.4. The summed E-state index contributed by atoms with van der Waals surface area (Å²) < 4.78 is 0. The molecule has 0 atom stereocenters. The van der Waals surface area contributed by atoms with Crippen LogP contribution in [0.5, 0.6) is 0 Å². The number of carbonyl (C=O) groups excluding carboxylic acids is 5. The maximum Gasteiger partial charge on any atom is 2.00 e. The maximum absolute atomic E-state index is 10.8. The van der Waals surface area contributed by atoms with E-state index in [4.69, 9.17) is 0 Å². The number of hydrogen-bond donors (Lipinski definition) is 3. The molecule has 0 aromatic rings. The van der Waals surface area contributed by atoms with Crippen molar-refractivity contribution in [3.05, 3.63) is 0 Å². The minimum Gasteiger partial charge on any atom is -0.544 e. The van der Waals surface area contributed by atoms with Gasteiger partial charge in [-0.25, -0.2) is 0 Å². The van der Waals surface area contributed by atoms with Gasteiger partial charge in [0.15, 0.2) is 0 Å². The van der Waals surface area contributed by atoms with Crippen molar-refractivity contribution >= 4 is 67.6 Å². The van der Waals surface area contributed by atoms with E-state index in [1.54, 1.807) is 0 Å².